The van der Waals surface area contributed by atoms with E-state index >= 15 is 0 Å². The second-order valence-electron chi connectivity index (χ2n) is 3.42. The standard InChI is InChI=1S/C13H12O5/c1-4-17-13(16)10-7-9(5-6-11(10)14)18-12(15)8(2)3/h4-7,14H,1-2H2,3H3. The van der Waals surface area contributed by atoms with Gasteiger partial charge in [-0.2, -0.15) is 0 Å². The molecule has 0 atom stereocenters. The van der Waals surface area contributed by atoms with Gasteiger partial charge in [-0.1, -0.05) is 13.2 Å². The zero-order chi connectivity index (χ0) is 13.7. The number of ether oxygens (including phenoxy) is 2. The first-order chi connectivity index (χ1) is 8.45. The highest BCUT2D eigenvalue weighted by molar-refractivity contribution is 5.94. The predicted octanol–water partition coefficient (Wildman–Crippen LogP) is 2.17. The Morgan fingerprint density at radius 3 is 2.61 bits per heavy atom. The summed E-state index contributed by atoms with van der Waals surface area (Å²) in [6.45, 7) is 8.15. The number of hydrogen-bond acceptors (Lipinski definition) is 5. The molecule has 0 saturated heterocycles. The van der Waals surface area contributed by atoms with Gasteiger partial charge in [0.1, 0.15) is 17.1 Å². The maximum absolute atomic E-state index is 11.4. The summed E-state index contributed by atoms with van der Waals surface area (Å²) in [7, 11) is 0. The SMILES string of the molecule is C=COC(=O)c1cc(OC(=O)C(=C)C)ccc1O. The van der Waals surface area contributed by atoms with Crippen molar-refractivity contribution in [2.75, 3.05) is 0 Å². The normalized spacial score (nSPS) is 9.39. The van der Waals surface area contributed by atoms with E-state index in [9.17, 15) is 14.7 Å². The van der Waals surface area contributed by atoms with Crippen molar-refractivity contribution in [3.8, 4) is 11.5 Å². The fourth-order valence-corrected chi connectivity index (χ4v) is 1.08. The van der Waals surface area contributed by atoms with Gasteiger partial charge in [-0.3, -0.25) is 0 Å². The Morgan fingerprint density at radius 2 is 2.06 bits per heavy atom. The highest BCUT2D eigenvalue weighted by atomic mass is 16.5. The Hall–Kier alpha value is -2.56. The monoisotopic (exact) mass is 248 g/mol. The molecule has 0 unspecified atom stereocenters. The van der Waals surface area contributed by atoms with E-state index in [4.69, 9.17) is 4.74 Å². The molecule has 0 aliphatic rings. The quantitative estimate of drug-likeness (QED) is 0.382. The number of rotatable bonds is 4. The van der Waals surface area contributed by atoms with E-state index in [1.54, 1.807) is 0 Å². The predicted molar refractivity (Wildman–Crippen MR) is 64.2 cm³/mol. The van der Waals surface area contributed by atoms with Crippen LogP contribution in [0.25, 0.3) is 0 Å². The molecule has 0 heterocycles. The zero-order valence-electron chi connectivity index (χ0n) is 9.80. The van der Waals surface area contributed by atoms with E-state index in [1.807, 2.05) is 0 Å². The van der Waals surface area contributed by atoms with Gasteiger partial charge < -0.3 is 14.6 Å². The maximum atomic E-state index is 11.4. The fraction of sp³-hybridized carbons (Fsp3) is 0.0769. The molecule has 0 spiro atoms. The zero-order valence-corrected chi connectivity index (χ0v) is 9.80. The van der Waals surface area contributed by atoms with Crippen LogP contribution in [-0.4, -0.2) is 17.0 Å². The Kier molecular flexibility index (Phi) is 4.26. The van der Waals surface area contributed by atoms with Gasteiger partial charge in [-0.05, 0) is 25.1 Å². The average Bonchev–Trinajstić information content (AvgIpc) is 2.31. The smallest absolute Gasteiger partial charge is 0.346 e. The lowest BCUT2D eigenvalue weighted by molar-refractivity contribution is -0.130. The largest absolute Gasteiger partial charge is 0.507 e. The Bertz CT molecular complexity index is 516. The lowest BCUT2D eigenvalue weighted by Gasteiger charge is -2.07. The maximum Gasteiger partial charge on any atom is 0.346 e. The number of aromatic hydroxyl groups is 1. The Labute approximate surface area is 104 Å². The summed E-state index contributed by atoms with van der Waals surface area (Å²) in [4.78, 5) is 22.7. The van der Waals surface area contributed by atoms with Crippen LogP contribution in [0.1, 0.15) is 17.3 Å². The molecule has 0 aliphatic heterocycles. The van der Waals surface area contributed by atoms with Crippen molar-refractivity contribution in [1.29, 1.82) is 0 Å². The van der Waals surface area contributed by atoms with Gasteiger partial charge in [0.15, 0.2) is 0 Å². The van der Waals surface area contributed by atoms with E-state index in [2.05, 4.69) is 17.9 Å². The fourth-order valence-electron chi connectivity index (χ4n) is 1.08. The van der Waals surface area contributed by atoms with Crippen molar-refractivity contribution in [1.82, 2.24) is 0 Å². The lowest BCUT2D eigenvalue weighted by atomic mass is 10.2. The molecule has 0 aliphatic carbocycles. The second-order valence-corrected chi connectivity index (χ2v) is 3.42. The third-order valence-corrected chi connectivity index (χ3v) is 1.94. The molecule has 94 valence electrons. The molecule has 0 amide bonds. The molecular weight excluding hydrogens is 236 g/mol. The number of carbonyl (C=O) groups excluding carboxylic acids is 2. The van der Waals surface area contributed by atoms with E-state index in [1.165, 1.54) is 25.1 Å². The topological polar surface area (TPSA) is 72.8 Å². The first kappa shape index (κ1) is 13.5. The van der Waals surface area contributed by atoms with E-state index in [0.29, 0.717) is 0 Å². The number of benzene rings is 1. The number of hydrogen-bond donors (Lipinski definition) is 1. The van der Waals surface area contributed by atoms with Gasteiger partial charge in [0.05, 0.1) is 6.26 Å². The van der Waals surface area contributed by atoms with E-state index in [0.717, 1.165) is 6.26 Å². The summed E-state index contributed by atoms with van der Waals surface area (Å²) in [6, 6.07) is 3.77. The average molecular weight is 248 g/mol. The molecule has 1 aromatic rings. The van der Waals surface area contributed by atoms with Crippen LogP contribution in [0.15, 0.2) is 43.2 Å². The first-order valence-corrected chi connectivity index (χ1v) is 4.98. The molecule has 0 aromatic heterocycles. The second kappa shape index (κ2) is 5.67. The number of phenolic OH excluding ortho intramolecular Hbond substituents is 1. The molecule has 0 fully saturated rings. The number of esters is 2. The Balaban J connectivity index is 3.00. The van der Waals surface area contributed by atoms with Gasteiger partial charge in [-0.25, -0.2) is 9.59 Å². The summed E-state index contributed by atoms with van der Waals surface area (Å²) in [5.74, 6) is -1.59. The molecule has 1 rings (SSSR count). The van der Waals surface area contributed by atoms with Gasteiger partial charge in [0, 0.05) is 5.57 Å². The van der Waals surface area contributed by atoms with Crippen molar-refractivity contribution in [2.45, 2.75) is 6.92 Å². The molecule has 18 heavy (non-hydrogen) atoms. The Morgan fingerprint density at radius 1 is 1.39 bits per heavy atom. The van der Waals surface area contributed by atoms with Crippen molar-refractivity contribution in [3.05, 3.63) is 48.8 Å². The summed E-state index contributed by atoms with van der Waals surface area (Å²) in [5, 5.41) is 9.48. The summed E-state index contributed by atoms with van der Waals surface area (Å²) < 4.78 is 9.44. The molecule has 5 heteroatoms. The molecule has 0 radical (unpaired) electrons. The van der Waals surface area contributed by atoms with Crippen LogP contribution in [0.3, 0.4) is 0 Å². The van der Waals surface area contributed by atoms with Crippen LogP contribution in [0.5, 0.6) is 11.5 Å². The molecule has 0 saturated carbocycles. The molecule has 5 nitrogen and oxygen atoms in total. The van der Waals surface area contributed by atoms with Crippen LogP contribution < -0.4 is 4.74 Å². The van der Waals surface area contributed by atoms with Crippen LogP contribution >= 0.6 is 0 Å². The van der Waals surface area contributed by atoms with E-state index in [-0.39, 0.29) is 22.6 Å². The number of phenols is 1. The van der Waals surface area contributed by atoms with Gasteiger partial charge >= 0.3 is 11.9 Å². The van der Waals surface area contributed by atoms with Crippen LogP contribution in [0.2, 0.25) is 0 Å². The van der Waals surface area contributed by atoms with E-state index < -0.39 is 11.9 Å². The van der Waals surface area contributed by atoms with Crippen molar-refractivity contribution < 1.29 is 24.2 Å². The highest BCUT2D eigenvalue weighted by Crippen LogP contribution is 2.24. The summed E-state index contributed by atoms with van der Waals surface area (Å²) >= 11 is 0. The van der Waals surface area contributed by atoms with Crippen molar-refractivity contribution in [3.63, 3.8) is 0 Å². The minimum atomic E-state index is -0.796. The van der Waals surface area contributed by atoms with Crippen LogP contribution in [0, 0.1) is 0 Å². The van der Waals surface area contributed by atoms with Crippen molar-refractivity contribution in [2.24, 2.45) is 0 Å². The molecule has 1 aromatic carbocycles. The third-order valence-electron chi connectivity index (χ3n) is 1.94. The first-order valence-electron chi connectivity index (χ1n) is 4.98. The third kappa shape index (κ3) is 3.21. The van der Waals surface area contributed by atoms with Crippen LogP contribution in [0.4, 0.5) is 0 Å². The van der Waals surface area contributed by atoms with Gasteiger partial charge in [-0.15, -0.1) is 0 Å². The van der Waals surface area contributed by atoms with Crippen LogP contribution in [-0.2, 0) is 9.53 Å². The van der Waals surface area contributed by atoms with Gasteiger partial charge in [0.2, 0.25) is 0 Å². The minimum absolute atomic E-state index is 0.108. The summed E-state index contributed by atoms with van der Waals surface area (Å²) in [6.07, 6.45) is 0.939. The van der Waals surface area contributed by atoms with Crippen molar-refractivity contribution >= 4 is 11.9 Å². The summed E-state index contributed by atoms with van der Waals surface area (Å²) in [5.41, 5.74) is 0.0974. The number of carbonyl (C=O) groups is 2. The molecular formula is C13H12O5. The minimum Gasteiger partial charge on any atom is -0.507 e. The highest BCUT2D eigenvalue weighted by Gasteiger charge is 2.14. The molecule has 0 bridgehead atoms. The lowest BCUT2D eigenvalue weighted by Crippen LogP contribution is -2.09. The van der Waals surface area contributed by atoms with Gasteiger partial charge in [0.25, 0.3) is 0 Å². The molecule has 1 N–H and O–H groups in total.